The largest absolute Gasteiger partial charge is 0.322 e. The van der Waals surface area contributed by atoms with E-state index in [1.54, 1.807) is 0 Å². The van der Waals surface area contributed by atoms with Crippen LogP contribution in [-0.2, 0) is 13.0 Å². The van der Waals surface area contributed by atoms with Crippen molar-refractivity contribution in [3.05, 3.63) is 59.2 Å². The zero-order chi connectivity index (χ0) is 14.8. The first-order valence-corrected chi connectivity index (χ1v) is 7.65. The van der Waals surface area contributed by atoms with Gasteiger partial charge < -0.3 is 4.57 Å². The number of fused-ring (bicyclic) bond motifs is 1. The number of alkyl halides is 1. The molecule has 1 aromatic carbocycles. The van der Waals surface area contributed by atoms with Gasteiger partial charge in [-0.05, 0) is 37.6 Å². The summed E-state index contributed by atoms with van der Waals surface area (Å²) in [6.07, 6.45) is 0.765. The first-order valence-electron chi connectivity index (χ1n) is 7.12. The number of nitrogens with zero attached hydrogens (tertiary/aromatic N) is 3. The van der Waals surface area contributed by atoms with E-state index in [1.807, 2.05) is 19.1 Å². The molecule has 0 aliphatic carbocycles. The van der Waals surface area contributed by atoms with Crippen LogP contribution in [0.25, 0.3) is 11.0 Å². The summed E-state index contributed by atoms with van der Waals surface area (Å²) < 4.78 is 2.23. The monoisotopic (exact) mass is 299 g/mol. The minimum Gasteiger partial charge on any atom is -0.322 e. The number of benzene rings is 1. The maximum Gasteiger partial charge on any atom is 0.111 e. The Kier molecular flexibility index (Phi) is 3.93. The summed E-state index contributed by atoms with van der Waals surface area (Å²) in [6.45, 7) is 4.84. The predicted octanol–water partition coefficient (Wildman–Crippen LogP) is 3.88. The highest BCUT2D eigenvalue weighted by molar-refractivity contribution is 6.17. The highest BCUT2D eigenvalue weighted by Gasteiger charge is 2.12. The van der Waals surface area contributed by atoms with E-state index in [1.165, 1.54) is 5.56 Å². The van der Waals surface area contributed by atoms with Crippen LogP contribution in [0.4, 0.5) is 0 Å². The van der Waals surface area contributed by atoms with Crippen molar-refractivity contribution >= 4 is 22.6 Å². The molecule has 0 aliphatic heterocycles. The van der Waals surface area contributed by atoms with Crippen LogP contribution >= 0.6 is 11.6 Å². The standard InChI is InChI=1S/C17H18ClN3/c1-12-5-3-8-15-17(12)20-16(9-10-18)21(15)11-14-7-4-6-13(2)19-14/h3-8H,9-11H2,1-2H3. The molecule has 2 heterocycles. The molecular formula is C17H18ClN3. The average molecular weight is 300 g/mol. The molecule has 0 saturated carbocycles. The molecule has 21 heavy (non-hydrogen) atoms. The molecule has 0 N–H and O–H groups in total. The Bertz CT molecular complexity index is 777. The third kappa shape index (κ3) is 2.79. The van der Waals surface area contributed by atoms with Crippen molar-refractivity contribution in [1.29, 1.82) is 0 Å². The van der Waals surface area contributed by atoms with Gasteiger partial charge in [-0.1, -0.05) is 18.2 Å². The van der Waals surface area contributed by atoms with Crippen LogP contribution in [-0.4, -0.2) is 20.4 Å². The second kappa shape index (κ2) is 5.86. The molecule has 3 nitrogen and oxygen atoms in total. The van der Waals surface area contributed by atoms with Crippen molar-refractivity contribution in [2.75, 3.05) is 5.88 Å². The molecule has 2 aromatic heterocycles. The Morgan fingerprint density at radius 3 is 2.62 bits per heavy atom. The van der Waals surface area contributed by atoms with Crippen LogP contribution in [0.3, 0.4) is 0 Å². The summed E-state index contributed by atoms with van der Waals surface area (Å²) in [7, 11) is 0. The maximum absolute atomic E-state index is 5.93. The molecule has 0 radical (unpaired) electrons. The Labute approximate surface area is 129 Å². The van der Waals surface area contributed by atoms with Crippen molar-refractivity contribution < 1.29 is 0 Å². The van der Waals surface area contributed by atoms with Crippen LogP contribution in [0, 0.1) is 13.8 Å². The number of aryl methyl sites for hydroxylation is 3. The lowest BCUT2D eigenvalue weighted by Crippen LogP contribution is -2.07. The van der Waals surface area contributed by atoms with Gasteiger partial charge in [0.2, 0.25) is 0 Å². The molecular weight excluding hydrogens is 282 g/mol. The third-order valence-electron chi connectivity index (χ3n) is 3.64. The van der Waals surface area contributed by atoms with Gasteiger partial charge in [0.15, 0.2) is 0 Å². The fourth-order valence-electron chi connectivity index (χ4n) is 2.64. The molecule has 3 aromatic rings. The van der Waals surface area contributed by atoms with Crippen LogP contribution < -0.4 is 0 Å². The number of pyridine rings is 1. The lowest BCUT2D eigenvalue weighted by atomic mass is 10.2. The summed E-state index contributed by atoms with van der Waals surface area (Å²) in [5, 5.41) is 0. The summed E-state index contributed by atoms with van der Waals surface area (Å²) >= 11 is 5.93. The Balaban J connectivity index is 2.11. The molecule has 0 fully saturated rings. The average Bonchev–Trinajstić information content (AvgIpc) is 2.79. The van der Waals surface area contributed by atoms with Gasteiger partial charge in [0.05, 0.1) is 23.3 Å². The van der Waals surface area contributed by atoms with E-state index in [0.29, 0.717) is 5.88 Å². The van der Waals surface area contributed by atoms with Crippen LogP contribution in [0.5, 0.6) is 0 Å². The Morgan fingerprint density at radius 2 is 1.86 bits per heavy atom. The Morgan fingerprint density at radius 1 is 1.05 bits per heavy atom. The van der Waals surface area contributed by atoms with E-state index < -0.39 is 0 Å². The summed E-state index contributed by atoms with van der Waals surface area (Å²) in [6, 6.07) is 12.4. The van der Waals surface area contributed by atoms with Gasteiger partial charge in [0.1, 0.15) is 5.82 Å². The normalized spacial score (nSPS) is 11.2. The first kappa shape index (κ1) is 14.1. The van der Waals surface area contributed by atoms with Gasteiger partial charge in [-0.25, -0.2) is 4.98 Å². The fraction of sp³-hybridized carbons (Fsp3) is 0.294. The lowest BCUT2D eigenvalue weighted by Gasteiger charge is -2.09. The molecule has 0 saturated heterocycles. The number of hydrogen-bond donors (Lipinski definition) is 0. The molecule has 4 heteroatoms. The van der Waals surface area contributed by atoms with E-state index >= 15 is 0 Å². The third-order valence-corrected chi connectivity index (χ3v) is 3.83. The van der Waals surface area contributed by atoms with E-state index in [-0.39, 0.29) is 0 Å². The molecule has 0 bridgehead atoms. The van der Waals surface area contributed by atoms with Gasteiger partial charge in [-0.3, -0.25) is 4.98 Å². The second-order valence-corrected chi connectivity index (χ2v) is 5.64. The summed E-state index contributed by atoms with van der Waals surface area (Å²) in [4.78, 5) is 9.37. The zero-order valence-electron chi connectivity index (χ0n) is 12.3. The van der Waals surface area contributed by atoms with Gasteiger partial charge in [-0.2, -0.15) is 0 Å². The quantitative estimate of drug-likeness (QED) is 0.685. The van der Waals surface area contributed by atoms with E-state index in [0.717, 1.165) is 41.2 Å². The molecule has 0 atom stereocenters. The van der Waals surface area contributed by atoms with E-state index in [2.05, 4.69) is 40.7 Å². The van der Waals surface area contributed by atoms with E-state index in [9.17, 15) is 0 Å². The molecule has 0 aliphatic rings. The van der Waals surface area contributed by atoms with Crippen LogP contribution in [0.1, 0.15) is 22.8 Å². The summed E-state index contributed by atoms with van der Waals surface area (Å²) in [5.74, 6) is 1.60. The van der Waals surface area contributed by atoms with Gasteiger partial charge in [-0.15, -0.1) is 11.6 Å². The molecule has 3 rings (SSSR count). The smallest absolute Gasteiger partial charge is 0.111 e. The Hall–Kier alpha value is -1.87. The van der Waals surface area contributed by atoms with Crippen LogP contribution in [0.15, 0.2) is 36.4 Å². The van der Waals surface area contributed by atoms with Crippen molar-refractivity contribution in [3.8, 4) is 0 Å². The fourth-order valence-corrected chi connectivity index (χ4v) is 2.81. The number of imidazole rings is 1. The zero-order valence-corrected chi connectivity index (χ0v) is 13.1. The lowest BCUT2D eigenvalue weighted by molar-refractivity contribution is 0.735. The van der Waals surface area contributed by atoms with E-state index in [4.69, 9.17) is 16.6 Å². The van der Waals surface area contributed by atoms with Crippen molar-refractivity contribution in [1.82, 2.24) is 14.5 Å². The van der Waals surface area contributed by atoms with Crippen molar-refractivity contribution in [3.63, 3.8) is 0 Å². The van der Waals surface area contributed by atoms with Crippen LogP contribution in [0.2, 0.25) is 0 Å². The molecule has 0 amide bonds. The first-order chi connectivity index (χ1) is 10.2. The van der Waals surface area contributed by atoms with Crippen molar-refractivity contribution in [2.45, 2.75) is 26.8 Å². The minimum atomic E-state index is 0.573. The van der Waals surface area contributed by atoms with Gasteiger partial charge >= 0.3 is 0 Å². The number of rotatable bonds is 4. The molecule has 0 unspecified atom stereocenters. The summed E-state index contributed by atoms with van der Waals surface area (Å²) in [5.41, 5.74) is 5.49. The number of hydrogen-bond acceptors (Lipinski definition) is 2. The highest BCUT2D eigenvalue weighted by Crippen LogP contribution is 2.21. The predicted molar refractivity (Wildman–Crippen MR) is 87.0 cm³/mol. The number of halogens is 1. The maximum atomic E-state index is 5.93. The molecule has 0 spiro atoms. The highest BCUT2D eigenvalue weighted by atomic mass is 35.5. The molecule has 108 valence electrons. The minimum absolute atomic E-state index is 0.573. The second-order valence-electron chi connectivity index (χ2n) is 5.27. The SMILES string of the molecule is Cc1cccc(Cn2c(CCCl)nc3c(C)cccc32)n1. The number of para-hydroxylation sites is 1. The topological polar surface area (TPSA) is 30.7 Å². The van der Waals surface area contributed by atoms with Gasteiger partial charge in [0.25, 0.3) is 0 Å². The number of aromatic nitrogens is 3. The van der Waals surface area contributed by atoms with Gasteiger partial charge in [0, 0.05) is 18.0 Å². The van der Waals surface area contributed by atoms with Crippen molar-refractivity contribution in [2.24, 2.45) is 0 Å².